The quantitative estimate of drug-likeness (QED) is 0.717. The van der Waals surface area contributed by atoms with Gasteiger partial charge in [-0.15, -0.1) is 0 Å². The fraction of sp³-hybridized carbons (Fsp3) is 0.0769. The van der Waals surface area contributed by atoms with Crippen LogP contribution in [0.25, 0.3) is 20.9 Å². The molecule has 0 spiro atoms. The van der Waals surface area contributed by atoms with E-state index in [4.69, 9.17) is 11.6 Å². The van der Waals surface area contributed by atoms with Crippen molar-refractivity contribution >= 4 is 39.0 Å². The van der Waals surface area contributed by atoms with Crippen molar-refractivity contribution in [2.75, 3.05) is 12.4 Å². The van der Waals surface area contributed by atoms with E-state index in [0.29, 0.717) is 5.15 Å². The van der Waals surface area contributed by atoms with Gasteiger partial charge in [-0.05, 0) is 36.4 Å². The molecule has 0 bridgehead atoms. The number of rotatable bonds is 2. The predicted octanol–water partition coefficient (Wildman–Crippen LogP) is 4.05. The summed E-state index contributed by atoms with van der Waals surface area (Å²) in [5, 5.41) is 4.56. The molecule has 0 aliphatic rings. The Kier molecular flexibility index (Phi) is 2.89. The van der Waals surface area contributed by atoms with Gasteiger partial charge in [-0.3, -0.25) is 0 Å². The van der Waals surface area contributed by atoms with Gasteiger partial charge in [0.05, 0.1) is 0 Å². The van der Waals surface area contributed by atoms with E-state index in [1.807, 2.05) is 37.4 Å². The van der Waals surface area contributed by atoms with Gasteiger partial charge in [-0.2, -0.15) is 0 Å². The third-order valence-electron chi connectivity index (χ3n) is 2.64. The molecule has 90 valence electrons. The van der Waals surface area contributed by atoms with Gasteiger partial charge in [0.2, 0.25) is 0 Å². The molecule has 3 rings (SSSR count). The van der Waals surface area contributed by atoms with E-state index in [-0.39, 0.29) is 0 Å². The second kappa shape index (κ2) is 4.55. The number of thiazole rings is 1. The first-order chi connectivity index (χ1) is 8.76. The van der Waals surface area contributed by atoms with Crippen LogP contribution >= 0.6 is 22.9 Å². The molecule has 0 saturated heterocycles. The minimum absolute atomic E-state index is 0.503. The Morgan fingerprint density at radius 2 is 1.83 bits per heavy atom. The fourth-order valence-corrected chi connectivity index (χ4v) is 2.84. The molecule has 3 aromatic rings. The number of benzene rings is 1. The summed E-state index contributed by atoms with van der Waals surface area (Å²) in [4.78, 5) is 9.69. The Morgan fingerprint density at radius 1 is 1.06 bits per heavy atom. The highest BCUT2D eigenvalue weighted by Crippen LogP contribution is 2.30. The zero-order valence-corrected chi connectivity index (χ0v) is 11.2. The van der Waals surface area contributed by atoms with Crippen LogP contribution in [-0.4, -0.2) is 17.0 Å². The second-order valence-electron chi connectivity index (χ2n) is 3.80. The summed E-state index contributed by atoms with van der Waals surface area (Å²) in [5.74, 6) is 0. The maximum absolute atomic E-state index is 5.87. The highest BCUT2D eigenvalue weighted by Gasteiger charge is 2.07. The molecule has 1 aromatic carbocycles. The SMILES string of the molecule is CNc1ccc(-c2nc3ccc(Cl)nc3s2)cc1. The Bertz CT molecular complexity index is 691. The number of hydrogen-bond acceptors (Lipinski definition) is 4. The third kappa shape index (κ3) is 2.05. The van der Waals surface area contributed by atoms with Crippen LogP contribution in [0.3, 0.4) is 0 Å². The molecular formula is C13H10ClN3S. The molecule has 0 amide bonds. The zero-order valence-electron chi connectivity index (χ0n) is 9.64. The standard InChI is InChI=1S/C13H10ClN3S/c1-15-9-4-2-8(3-5-9)12-16-10-6-7-11(14)17-13(10)18-12/h2-7,15H,1H3. The van der Waals surface area contributed by atoms with Gasteiger partial charge in [-0.1, -0.05) is 22.9 Å². The summed E-state index contributed by atoms with van der Waals surface area (Å²) in [7, 11) is 1.90. The third-order valence-corrected chi connectivity index (χ3v) is 3.87. The smallest absolute Gasteiger partial charge is 0.145 e. The van der Waals surface area contributed by atoms with Crippen molar-refractivity contribution in [1.29, 1.82) is 0 Å². The largest absolute Gasteiger partial charge is 0.388 e. The molecule has 0 aliphatic carbocycles. The Balaban J connectivity index is 2.07. The van der Waals surface area contributed by atoms with Crippen molar-refractivity contribution < 1.29 is 0 Å². The van der Waals surface area contributed by atoms with Gasteiger partial charge < -0.3 is 5.32 Å². The molecular weight excluding hydrogens is 266 g/mol. The van der Waals surface area contributed by atoms with Gasteiger partial charge in [0, 0.05) is 18.3 Å². The van der Waals surface area contributed by atoms with Gasteiger partial charge >= 0.3 is 0 Å². The van der Waals surface area contributed by atoms with Gasteiger partial charge in [0.25, 0.3) is 0 Å². The molecule has 1 N–H and O–H groups in total. The topological polar surface area (TPSA) is 37.8 Å². The maximum Gasteiger partial charge on any atom is 0.145 e. The number of halogens is 1. The molecule has 3 nitrogen and oxygen atoms in total. The lowest BCUT2D eigenvalue weighted by atomic mass is 10.2. The van der Waals surface area contributed by atoms with Crippen LogP contribution < -0.4 is 5.32 Å². The van der Waals surface area contributed by atoms with Crippen LogP contribution in [0.2, 0.25) is 5.15 Å². The average Bonchev–Trinajstić information content (AvgIpc) is 2.81. The summed E-state index contributed by atoms with van der Waals surface area (Å²) in [6.45, 7) is 0. The minimum Gasteiger partial charge on any atom is -0.388 e. The summed E-state index contributed by atoms with van der Waals surface area (Å²) in [6, 6.07) is 11.8. The number of hydrogen-bond donors (Lipinski definition) is 1. The average molecular weight is 276 g/mol. The van der Waals surface area contributed by atoms with Crippen molar-refractivity contribution in [2.24, 2.45) is 0 Å². The monoisotopic (exact) mass is 275 g/mol. The number of pyridine rings is 1. The molecule has 2 aromatic heterocycles. The van der Waals surface area contributed by atoms with Crippen LogP contribution in [0.1, 0.15) is 0 Å². The lowest BCUT2D eigenvalue weighted by molar-refractivity contribution is 1.40. The number of nitrogens with zero attached hydrogens (tertiary/aromatic N) is 2. The van der Waals surface area contributed by atoms with Crippen molar-refractivity contribution in [3.05, 3.63) is 41.6 Å². The number of nitrogens with one attached hydrogen (secondary N) is 1. The van der Waals surface area contributed by atoms with E-state index in [2.05, 4.69) is 15.3 Å². The molecule has 0 atom stereocenters. The van der Waals surface area contributed by atoms with E-state index < -0.39 is 0 Å². The molecule has 0 aliphatic heterocycles. The second-order valence-corrected chi connectivity index (χ2v) is 5.17. The van der Waals surface area contributed by atoms with Crippen molar-refractivity contribution in [3.8, 4) is 10.6 Å². The van der Waals surface area contributed by atoms with E-state index in [1.165, 1.54) is 0 Å². The van der Waals surface area contributed by atoms with Crippen LogP contribution in [0.15, 0.2) is 36.4 Å². The highest BCUT2D eigenvalue weighted by molar-refractivity contribution is 7.21. The molecule has 5 heteroatoms. The zero-order chi connectivity index (χ0) is 12.5. The summed E-state index contributed by atoms with van der Waals surface area (Å²) in [6.07, 6.45) is 0. The highest BCUT2D eigenvalue weighted by atomic mass is 35.5. The van der Waals surface area contributed by atoms with Crippen LogP contribution in [0, 0.1) is 0 Å². The van der Waals surface area contributed by atoms with Gasteiger partial charge in [-0.25, -0.2) is 9.97 Å². The maximum atomic E-state index is 5.87. The molecule has 18 heavy (non-hydrogen) atoms. The Labute approximate surface area is 113 Å². The molecule has 0 radical (unpaired) electrons. The van der Waals surface area contributed by atoms with E-state index in [1.54, 1.807) is 17.4 Å². The van der Waals surface area contributed by atoms with Crippen molar-refractivity contribution in [1.82, 2.24) is 9.97 Å². The van der Waals surface area contributed by atoms with Gasteiger partial charge in [0.1, 0.15) is 20.5 Å². The van der Waals surface area contributed by atoms with E-state index >= 15 is 0 Å². The van der Waals surface area contributed by atoms with Crippen molar-refractivity contribution in [3.63, 3.8) is 0 Å². The van der Waals surface area contributed by atoms with Crippen LogP contribution in [0.4, 0.5) is 5.69 Å². The summed E-state index contributed by atoms with van der Waals surface area (Å²) in [5.41, 5.74) is 3.06. The molecule has 0 fully saturated rings. The summed E-state index contributed by atoms with van der Waals surface area (Å²) < 4.78 is 0. The molecule has 2 heterocycles. The van der Waals surface area contributed by atoms with E-state index in [0.717, 1.165) is 26.6 Å². The number of fused-ring (bicyclic) bond motifs is 1. The normalized spacial score (nSPS) is 10.8. The van der Waals surface area contributed by atoms with Crippen LogP contribution in [-0.2, 0) is 0 Å². The Morgan fingerprint density at radius 3 is 2.56 bits per heavy atom. The first kappa shape index (κ1) is 11.4. The first-order valence-electron chi connectivity index (χ1n) is 5.47. The minimum atomic E-state index is 0.503. The Hall–Kier alpha value is -1.65. The molecule has 0 saturated carbocycles. The summed E-state index contributed by atoms with van der Waals surface area (Å²) >= 11 is 7.42. The van der Waals surface area contributed by atoms with Crippen molar-refractivity contribution in [2.45, 2.75) is 0 Å². The molecule has 0 unspecified atom stereocenters. The fourth-order valence-electron chi connectivity index (χ4n) is 1.70. The number of anilines is 1. The number of aromatic nitrogens is 2. The lowest BCUT2D eigenvalue weighted by Crippen LogP contribution is -1.86. The van der Waals surface area contributed by atoms with Crippen LogP contribution in [0.5, 0.6) is 0 Å². The first-order valence-corrected chi connectivity index (χ1v) is 6.67. The lowest BCUT2D eigenvalue weighted by Gasteiger charge is -2.00. The predicted molar refractivity (Wildman–Crippen MR) is 77.4 cm³/mol. The van der Waals surface area contributed by atoms with E-state index in [9.17, 15) is 0 Å². The van der Waals surface area contributed by atoms with Gasteiger partial charge in [0.15, 0.2) is 0 Å².